The van der Waals surface area contributed by atoms with Gasteiger partial charge in [0.15, 0.2) is 5.82 Å². The predicted octanol–water partition coefficient (Wildman–Crippen LogP) is 3.95. The lowest BCUT2D eigenvalue weighted by Crippen LogP contribution is -2.43. The minimum Gasteiger partial charge on any atom is -0.436 e. The normalized spacial score (nSPS) is 18.1. The quantitative estimate of drug-likeness (QED) is 0.541. The highest BCUT2D eigenvalue weighted by Gasteiger charge is 2.28. The molecule has 0 bridgehead atoms. The molecule has 1 amide bonds. The zero-order chi connectivity index (χ0) is 24.7. The molecule has 8 heteroatoms. The topological polar surface area (TPSA) is 79.8 Å². The predicted molar refractivity (Wildman–Crippen MR) is 140 cm³/mol. The van der Waals surface area contributed by atoms with Crippen LogP contribution in [-0.2, 0) is 16.1 Å². The number of carbonyl (C=O) groups excluding carboxylic acids is 1. The number of anilines is 2. The van der Waals surface area contributed by atoms with Crippen molar-refractivity contribution >= 4 is 17.4 Å². The number of nitrogens with one attached hydrogen (secondary N) is 1. The van der Waals surface area contributed by atoms with Crippen molar-refractivity contribution in [3.63, 3.8) is 0 Å². The van der Waals surface area contributed by atoms with Gasteiger partial charge in [0.05, 0.1) is 19.1 Å². The van der Waals surface area contributed by atoms with Gasteiger partial charge in [-0.05, 0) is 49.1 Å². The van der Waals surface area contributed by atoms with Crippen molar-refractivity contribution in [2.75, 3.05) is 49.2 Å². The van der Waals surface area contributed by atoms with E-state index in [1.165, 1.54) is 5.69 Å². The summed E-state index contributed by atoms with van der Waals surface area (Å²) in [6.45, 7) is 7.29. The summed E-state index contributed by atoms with van der Waals surface area (Å²) < 4.78 is 11.6. The number of carbonyl (C=O) groups is 1. The van der Waals surface area contributed by atoms with Gasteiger partial charge in [0.1, 0.15) is 5.75 Å². The van der Waals surface area contributed by atoms with E-state index in [0.29, 0.717) is 24.8 Å². The Morgan fingerprint density at radius 3 is 2.61 bits per heavy atom. The average molecular weight is 488 g/mol. The molecule has 188 valence electrons. The first-order chi connectivity index (χ1) is 17.7. The maximum atomic E-state index is 13.1. The number of para-hydroxylation sites is 1. The third-order valence-electron chi connectivity index (χ3n) is 6.82. The van der Waals surface area contributed by atoms with Crippen LogP contribution < -0.4 is 19.9 Å². The number of benzene rings is 2. The van der Waals surface area contributed by atoms with Crippen LogP contribution in [-0.4, -0.2) is 55.3 Å². The smallest absolute Gasteiger partial charge is 0.263 e. The average Bonchev–Trinajstić information content (AvgIpc) is 2.94. The first kappa shape index (κ1) is 24.1. The van der Waals surface area contributed by atoms with Crippen LogP contribution in [0.25, 0.3) is 0 Å². The first-order valence-electron chi connectivity index (χ1n) is 12.7. The Bertz CT molecular complexity index is 1160. The summed E-state index contributed by atoms with van der Waals surface area (Å²) in [5.41, 5.74) is 3.32. The number of ether oxygens (including phenoxy) is 2. The Kier molecular flexibility index (Phi) is 7.61. The van der Waals surface area contributed by atoms with Crippen molar-refractivity contribution in [1.29, 1.82) is 0 Å². The zero-order valence-corrected chi connectivity index (χ0v) is 20.7. The van der Waals surface area contributed by atoms with Crippen LogP contribution in [0, 0.1) is 12.8 Å². The maximum Gasteiger partial charge on any atom is 0.263 e. The summed E-state index contributed by atoms with van der Waals surface area (Å²) in [7, 11) is 0. The summed E-state index contributed by atoms with van der Waals surface area (Å²) in [5.74, 6) is 1.86. The summed E-state index contributed by atoms with van der Waals surface area (Å²) >= 11 is 0. The molecule has 2 aromatic carbocycles. The number of aryl methyl sites for hydroxylation is 1. The number of aromatic nitrogens is 2. The molecule has 3 aromatic rings. The van der Waals surface area contributed by atoms with Gasteiger partial charge in [-0.1, -0.05) is 30.3 Å². The molecule has 5 rings (SSSR count). The SMILES string of the molecule is Cc1ccccc1Oc1nccnc1N1CCC[C@H](C(=O)NCc2ccc(N3CCOCC3)cc2)C1. The monoisotopic (exact) mass is 487 g/mol. The second-order valence-corrected chi connectivity index (χ2v) is 9.32. The van der Waals surface area contributed by atoms with Gasteiger partial charge in [0, 0.05) is 50.8 Å². The molecule has 0 aliphatic carbocycles. The van der Waals surface area contributed by atoms with Gasteiger partial charge in [-0.25, -0.2) is 9.97 Å². The molecule has 0 saturated carbocycles. The molecule has 1 atom stereocenters. The van der Waals surface area contributed by atoms with Crippen molar-refractivity contribution in [3.8, 4) is 11.6 Å². The van der Waals surface area contributed by atoms with Gasteiger partial charge in [0.25, 0.3) is 5.88 Å². The maximum absolute atomic E-state index is 13.1. The number of hydrogen-bond acceptors (Lipinski definition) is 7. The lowest BCUT2D eigenvalue weighted by Gasteiger charge is -2.33. The van der Waals surface area contributed by atoms with Crippen LogP contribution >= 0.6 is 0 Å². The van der Waals surface area contributed by atoms with E-state index in [1.54, 1.807) is 12.4 Å². The Labute approximate surface area is 212 Å². The molecule has 1 N–H and O–H groups in total. The highest BCUT2D eigenvalue weighted by Crippen LogP contribution is 2.32. The number of amides is 1. The fourth-order valence-corrected chi connectivity index (χ4v) is 4.75. The van der Waals surface area contributed by atoms with Crippen LogP contribution in [0.5, 0.6) is 11.6 Å². The van der Waals surface area contributed by atoms with E-state index in [1.807, 2.05) is 31.2 Å². The Morgan fingerprint density at radius 2 is 1.81 bits per heavy atom. The highest BCUT2D eigenvalue weighted by atomic mass is 16.5. The van der Waals surface area contributed by atoms with E-state index in [0.717, 1.165) is 62.6 Å². The van der Waals surface area contributed by atoms with Crippen LogP contribution in [0.1, 0.15) is 24.0 Å². The molecule has 2 aliphatic rings. The van der Waals surface area contributed by atoms with Crippen molar-refractivity contribution in [1.82, 2.24) is 15.3 Å². The summed E-state index contributed by atoms with van der Waals surface area (Å²) in [5, 5.41) is 3.14. The van der Waals surface area contributed by atoms with Crippen LogP contribution in [0.3, 0.4) is 0 Å². The summed E-state index contributed by atoms with van der Waals surface area (Å²) in [4.78, 5) is 26.5. The molecule has 36 heavy (non-hydrogen) atoms. The van der Waals surface area contributed by atoms with Crippen LogP contribution in [0.2, 0.25) is 0 Å². The lowest BCUT2D eigenvalue weighted by atomic mass is 9.97. The second kappa shape index (κ2) is 11.4. The van der Waals surface area contributed by atoms with Crippen LogP contribution in [0.15, 0.2) is 60.9 Å². The molecule has 2 fully saturated rings. The first-order valence-corrected chi connectivity index (χ1v) is 12.7. The molecule has 0 unspecified atom stereocenters. The number of rotatable bonds is 7. The number of piperidine rings is 1. The fourth-order valence-electron chi connectivity index (χ4n) is 4.75. The lowest BCUT2D eigenvalue weighted by molar-refractivity contribution is -0.125. The molecular formula is C28H33N5O3. The van der Waals surface area contributed by atoms with E-state index in [4.69, 9.17) is 9.47 Å². The van der Waals surface area contributed by atoms with E-state index < -0.39 is 0 Å². The van der Waals surface area contributed by atoms with Crippen molar-refractivity contribution in [3.05, 3.63) is 72.1 Å². The van der Waals surface area contributed by atoms with Crippen LogP contribution in [0.4, 0.5) is 11.5 Å². The zero-order valence-electron chi connectivity index (χ0n) is 20.7. The van der Waals surface area contributed by atoms with Gasteiger partial charge in [0.2, 0.25) is 5.91 Å². The third-order valence-corrected chi connectivity index (χ3v) is 6.82. The van der Waals surface area contributed by atoms with Gasteiger partial charge in [-0.2, -0.15) is 0 Å². The highest BCUT2D eigenvalue weighted by molar-refractivity contribution is 5.79. The molecule has 3 heterocycles. The largest absolute Gasteiger partial charge is 0.436 e. The summed E-state index contributed by atoms with van der Waals surface area (Å²) in [6.07, 6.45) is 5.07. The number of nitrogens with zero attached hydrogens (tertiary/aromatic N) is 4. The van der Waals surface area contributed by atoms with Crippen molar-refractivity contribution < 1.29 is 14.3 Å². The Balaban J connectivity index is 1.19. The molecule has 0 spiro atoms. The van der Waals surface area contributed by atoms with Crippen molar-refractivity contribution in [2.45, 2.75) is 26.3 Å². The molecule has 0 radical (unpaired) electrons. The Morgan fingerprint density at radius 1 is 1.03 bits per heavy atom. The Hall–Kier alpha value is -3.65. The van der Waals surface area contributed by atoms with E-state index in [9.17, 15) is 4.79 Å². The van der Waals surface area contributed by atoms with Gasteiger partial charge >= 0.3 is 0 Å². The number of hydrogen-bond donors (Lipinski definition) is 1. The van der Waals surface area contributed by atoms with Gasteiger partial charge in [-0.15, -0.1) is 0 Å². The molecule has 8 nitrogen and oxygen atoms in total. The molecular weight excluding hydrogens is 454 g/mol. The molecule has 2 saturated heterocycles. The molecule has 2 aliphatic heterocycles. The second-order valence-electron chi connectivity index (χ2n) is 9.32. The number of morpholine rings is 1. The minimum absolute atomic E-state index is 0.0715. The summed E-state index contributed by atoms with van der Waals surface area (Å²) in [6, 6.07) is 16.3. The molecule has 1 aromatic heterocycles. The van der Waals surface area contributed by atoms with Gasteiger partial charge in [-0.3, -0.25) is 4.79 Å². The fraction of sp³-hybridized carbons (Fsp3) is 0.393. The third kappa shape index (κ3) is 5.76. The minimum atomic E-state index is -0.111. The van der Waals surface area contributed by atoms with Gasteiger partial charge < -0.3 is 24.6 Å². The van der Waals surface area contributed by atoms with E-state index in [2.05, 4.69) is 49.4 Å². The van der Waals surface area contributed by atoms with E-state index >= 15 is 0 Å². The standard InChI is InChI=1S/C28H33N5O3/c1-21-5-2-3-7-25(21)36-28-26(29-12-13-30-28)33-14-4-6-23(20-33)27(34)31-19-22-8-10-24(11-9-22)32-15-17-35-18-16-32/h2-3,5,7-13,23H,4,6,14-20H2,1H3,(H,31,34)/t23-/m0/s1. The van der Waals surface area contributed by atoms with E-state index in [-0.39, 0.29) is 11.8 Å². The van der Waals surface area contributed by atoms with Crippen molar-refractivity contribution in [2.24, 2.45) is 5.92 Å².